The van der Waals surface area contributed by atoms with E-state index in [2.05, 4.69) is 6.58 Å². The van der Waals surface area contributed by atoms with Gasteiger partial charge in [0.1, 0.15) is 6.61 Å². The molecule has 0 radical (unpaired) electrons. The predicted molar refractivity (Wildman–Crippen MR) is 84.5 cm³/mol. The van der Waals surface area contributed by atoms with Gasteiger partial charge < -0.3 is 4.74 Å². The molecule has 0 unspecified atom stereocenters. The monoisotopic (exact) mass is 288 g/mol. The van der Waals surface area contributed by atoms with E-state index >= 15 is 0 Å². The topological polar surface area (TPSA) is 43.4 Å². The summed E-state index contributed by atoms with van der Waals surface area (Å²) in [7, 11) is 0. The van der Waals surface area contributed by atoms with Gasteiger partial charge in [-0.1, -0.05) is 44.2 Å². The molecular weight excluding hydrogens is 264 g/mol. The van der Waals surface area contributed by atoms with Crippen molar-refractivity contribution in [1.29, 1.82) is 0 Å². The van der Waals surface area contributed by atoms with Crippen LogP contribution in [0.3, 0.4) is 0 Å². The minimum absolute atomic E-state index is 0.154. The Balaban J connectivity index is 2.70. The number of Topliss-reactive ketones (excluding diaryl/α,β-unsaturated/α-hetero) is 1. The lowest BCUT2D eigenvalue weighted by atomic mass is 9.85. The summed E-state index contributed by atoms with van der Waals surface area (Å²) in [5.74, 6) is -0.127. The molecule has 0 aliphatic rings. The van der Waals surface area contributed by atoms with Crippen LogP contribution in [-0.2, 0) is 14.9 Å². The summed E-state index contributed by atoms with van der Waals surface area (Å²) in [6, 6.07) is 7.57. The van der Waals surface area contributed by atoms with Crippen molar-refractivity contribution in [3.05, 3.63) is 48.0 Å². The molecule has 1 rings (SSSR count). The van der Waals surface area contributed by atoms with Crippen molar-refractivity contribution in [2.45, 2.75) is 45.4 Å². The summed E-state index contributed by atoms with van der Waals surface area (Å²) in [5, 5.41) is 0. The molecule has 0 saturated heterocycles. The van der Waals surface area contributed by atoms with Crippen molar-refractivity contribution in [3.8, 4) is 0 Å². The molecule has 0 bridgehead atoms. The molecule has 0 atom stereocenters. The third kappa shape index (κ3) is 5.54. The van der Waals surface area contributed by atoms with Gasteiger partial charge >= 0.3 is 5.97 Å². The molecular formula is C18H24O3. The lowest BCUT2D eigenvalue weighted by Gasteiger charge is -2.24. The number of carbonyl (C=O) groups is 2. The van der Waals surface area contributed by atoms with Gasteiger partial charge in [0.25, 0.3) is 0 Å². The summed E-state index contributed by atoms with van der Waals surface area (Å²) >= 11 is 0. The van der Waals surface area contributed by atoms with Crippen molar-refractivity contribution in [2.24, 2.45) is 0 Å². The first kappa shape index (κ1) is 17.2. The highest BCUT2D eigenvalue weighted by molar-refractivity contribution is 5.96. The molecule has 21 heavy (non-hydrogen) atoms. The van der Waals surface area contributed by atoms with Crippen LogP contribution in [0, 0.1) is 0 Å². The third-order valence-electron chi connectivity index (χ3n) is 3.44. The quantitative estimate of drug-likeness (QED) is 0.313. The summed E-state index contributed by atoms with van der Waals surface area (Å²) < 4.78 is 5.09. The summed E-state index contributed by atoms with van der Waals surface area (Å²) in [6.45, 7) is 9.41. The van der Waals surface area contributed by atoms with Crippen LogP contribution in [0.1, 0.15) is 56.0 Å². The van der Waals surface area contributed by atoms with Crippen LogP contribution in [0.5, 0.6) is 0 Å². The van der Waals surface area contributed by atoms with Crippen LogP contribution < -0.4 is 0 Å². The maximum Gasteiger partial charge on any atom is 0.302 e. The highest BCUT2D eigenvalue weighted by atomic mass is 16.5. The van der Waals surface area contributed by atoms with Crippen molar-refractivity contribution in [3.63, 3.8) is 0 Å². The van der Waals surface area contributed by atoms with E-state index in [4.69, 9.17) is 4.74 Å². The number of esters is 1. The average Bonchev–Trinajstić information content (AvgIpc) is 2.45. The zero-order valence-corrected chi connectivity index (χ0v) is 13.1. The molecule has 1 aromatic rings. The Morgan fingerprint density at radius 2 is 1.86 bits per heavy atom. The largest absolute Gasteiger partial charge is 0.465 e. The standard InChI is InChI=1S/C18H24O3/c1-5-6-7-8-17(20)15-9-11-16(12-10-15)18(3,4)13-21-14(2)19/h5,9-12H,1,6-8,13H2,2-4H3. The lowest BCUT2D eigenvalue weighted by molar-refractivity contribution is -0.142. The van der Waals surface area contributed by atoms with Crippen LogP contribution in [0.25, 0.3) is 0 Å². The highest BCUT2D eigenvalue weighted by Gasteiger charge is 2.22. The van der Waals surface area contributed by atoms with E-state index in [0.717, 1.165) is 24.0 Å². The molecule has 1 aromatic carbocycles. The Morgan fingerprint density at radius 1 is 1.24 bits per heavy atom. The van der Waals surface area contributed by atoms with Crippen LogP contribution >= 0.6 is 0 Å². The normalized spacial score (nSPS) is 11.0. The summed E-state index contributed by atoms with van der Waals surface area (Å²) in [5.41, 5.74) is 1.51. The maximum absolute atomic E-state index is 12.0. The lowest BCUT2D eigenvalue weighted by Crippen LogP contribution is -2.25. The van der Waals surface area contributed by atoms with Gasteiger partial charge in [0.2, 0.25) is 0 Å². The molecule has 0 saturated carbocycles. The fraction of sp³-hybridized carbons (Fsp3) is 0.444. The van der Waals surface area contributed by atoms with Crippen LogP contribution in [0.15, 0.2) is 36.9 Å². The number of ether oxygens (including phenoxy) is 1. The van der Waals surface area contributed by atoms with Crippen molar-refractivity contribution in [1.82, 2.24) is 0 Å². The van der Waals surface area contributed by atoms with E-state index in [1.807, 2.05) is 44.2 Å². The molecule has 0 N–H and O–H groups in total. The number of hydrogen-bond acceptors (Lipinski definition) is 3. The van der Waals surface area contributed by atoms with E-state index in [1.54, 1.807) is 0 Å². The Morgan fingerprint density at radius 3 is 2.38 bits per heavy atom. The molecule has 0 spiro atoms. The number of unbranched alkanes of at least 4 members (excludes halogenated alkanes) is 1. The van der Waals surface area contributed by atoms with Crippen LogP contribution in [0.2, 0.25) is 0 Å². The van der Waals surface area contributed by atoms with E-state index in [1.165, 1.54) is 6.92 Å². The molecule has 3 nitrogen and oxygen atoms in total. The smallest absolute Gasteiger partial charge is 0.302 e. The van der Waals surface area contributed by atoms with Gasteiger partial charge in [-0.05, 0) is 18.4 Å². The van der Waals surface area contributed by atoms with Gasteiger partial charge in [-0.15, -0.1) is 6.58 Å². The zero-order chi connectivity index (χ0) is 15.9. The molecule has 0 fully saturated rings. The van der Waals surface area contributed by atoms with E-state index < -0.39 is 0 Å². The molecule has 0 aromatic heterocycles. The minimum Gasteiger partial charge on any atom is -0.465 e. The Hall–Kier alpha value is -1.90. The predicted octanol–water partition coefficient (Wildman–Crippen LogP) is 4.07. The van der Waals surface area contributed by atoms with Gasteiger partial charge in [0, 0.05) is 24.3 Å². The molecule has 0 heterocycles. The first-order valence-electron chi connectivity index (χ1n) is 7.25. The SMILES string of the molecule is C=CCCCC(=O)c1ccc(C(C)(C)COC(C)=O)cc1. The zero-order valence-electron chi connectivity index (χ0n) is 13.1. The fourth-order valence-corrected chi connectivity index (χ4v) is 2.02. The van der Waals surface area contributed by atoms with E-state index in [0.29, 0.717) is 13.0 Å². The number of benzene rings is 1. The van der Waals surface area contributed by atoms with Crippen LogP contribution in [0.4, 0.5) is 0 Å². The van der Waals surface area contributed by atoms with Crippen molar-refractivity contribution in [2.75, 3.05) is 6.61 Å². The third-order valence-corrected chi connectivity index (χ3v) is 3.44. The van der Waals surface area contributed by atoms with E-state index in [9.17, 15) is 9.59 Å². The molecule has 3 heteroatoms. The summed E-state index contributed by atoms with van der Waals surface area (Å²) in [6.07, 6.45) is 4.07. The van der Waals surface area contributed by atoms with Crippen molar-refractivity contribution < 1.29 is 14.3 Å². The number of hydrogen-bond donors (Lipinski definition) is 0. The van der Waals surface area contributed by atoms with Gasteiger partial charge in [-0.2, -0.15) is 0 Å². The van der Waals surface area contributed by atoms with Gasteiger partial charge in [-0.3, -0.25) is 9.59 Å². The first-order valence-corrected chi connectivity index (χ1v) is 7.25. The number of carbonyl (C=O) groups excluding carboxylic acids is 2. The molecule has 0 amide bonds. The second-order valence-corrected chi connectivity index (χ2v) is 5.85. The van der Waals surface area contributed by atoms with Crippen LogP contribution in [-0.4, -0.2) is 18.4 Å². The molecule has 0 aliphatic heterocycles. The fourth-order valence-electron chi connectivity index (χ4n) is 2.02. The van der Waals surface area contributed by atoms with Gasteiger partial charge in [0.05, 0.1) is 0 Å². The highest BCUT2D eigenvalue weighted by Crippen LogP contribution is 2.24. The van der Waals surface area contributed by atoms with E-state index in [-0.39, 0.29) is 17.2 Å². The Bertz CT molecular complexity index is 498. The van der Waals surface area contributed by atoms with Crippen molar-refractivity contribution >= 4 is 11.8 Å². The second-order valence-electron chi connectivity index (χ2n) is 5.85. The minimum atomic E-state index is -0.280. The number of rotatable bonds is 8. The Kier molecular flexibility index (Phi) is 6.35. The molecule has 114 valence electrons. The maximum atomic E-state index is 12.0. The second kappa shape index (κ2) is 7.77. The van der Waals surface area contributed by atoms with Gasteiger partial charge in [-0.25, -0.2) is 0 Å². The Labute approximate surface area is 127 Å². The average molecular weight is 288 g/mol. The summed E-state index contributed by atoms with van der Waals surface area (Å²) in [4.78, 5) is 22.9. The number of ketones is 1. The molecule has 0 aliphatic carbocycles. The van der Waals surface area contributed by atoms with Gasteiger partial charge in [0.15, 0.2) is 5.78 Å². The first-order chi connectivity index (χ1) is 9.86. The number of allylic oxidation sites excluding steroid dienone is 1.